The van der Waals surface area contributed by atoms with Gasteiger partial charge in [-0.1, -0.05) is 13.2 Å². The summed E-state index contributed by atoms with van der Waals surface area (Å²) in [5, 5.41) is 0. The van der Waals surface area contributed by atoms with Gasteiger partial charge in [0, 0.05) is 11.1 Å². The van der Waals surface area contributed by atoms with Gasteiger partial charge in [-0.25, -0.2) is 9.59 Å². The number of hydrogen-bond acceptors (Lipinski definition) is 8. The van der Waals surface area contributed by atoms with Crippen LogP contribution in [-0.2, 0) is 38.7 Å². The Balaban J connectivity index is -0.00000312. The fraction of sp³-hybridized carbons (Fsp3) is 0.562. The van der Waals surface area contributed by atoms with Crippen LogP contribution in [0.3, 0.4) is 0 Å². The van der Waals surface area contributed by atoms with Gasteiger partial charge >= 0.3 is 36.8 Å². The van der Waals surface area contributed by atoms with Gasteiger partial charge in [0.15, 0.2) is 0 Å². The zero-order valence-corrected chi connectivity index (χ0v) is 16.9. The minimum absolute atomic E-state index is 0. The molecule has 27 heavy (non-hydrogen) atoms. The molecule has 150 valence electrons. The van der Waals surface area contributed by atoms with E-state index in [0.717, 1.165) is 0 Å². The van der Waals surface area contributed by atoms with E-state index in [9.17, 15) is 22.8 Å². The second kappa shape index (κ2) is 12.0. The van der Waals surface area contributed by atoms with Crippen LogP contribution in [0.15, 0.2) is 24.3 Å². The van der Waals surface area contributed by atoms with Crippen LogP contribution >= 0.6 is 0 Å². The zero-order chi connectivity index (χ0) is 20.5. The Morgan fingerprint density at radius 2 is 1.41 bits per heavy atom. The van der Waals surface area contributed by atoms with E-state index in [1.807, 2.05) is 0 Å². The Kier molecular flexibility index (Phi) is 12.2. The largest absolute Gasteiger partial charge is 1.00 e. The summed E-state index contributed by atoms with van der Waals surface area (Å²) < 4.78 is 44.8. The quantitative estimate of drug-likeness (QED) is 0.106. The zero-order valence-electron chi connectivity index (χ0n) is 17.1. The van der Waals surface area contributed by atoms with E-state index in [-0.39, 0.29) is 44.5 Å². The molecule has 0 heterocycles. The smallest absolute Gasteiger partial charge is 1.00 e. The average molecular weight is 400 g/mol. The molecule has 0 atom stereocenters. The van der Waals surface area contributed by atoms with E-state index < -0.39 is 52.4 Å². The molecule has 0 spiro atoms. The summed E-state index contributed by atoms with van der Waals surface area (Å²) in [4.78, 5) is 35.4. The van der Waals surface area contributed by atoms with Crippen molar-refractivity contribution in [2.75, 3.05) is 25.6 Å². The van der Waals surface area contributed by atoms with Crippen molar-refractivity contribution in [2.24, 2.45) is 5.41 Å². The van der Waals surface area contributed by atoms with Crippen molar-refractivity contribution in [1.82, 2.24) is 0 Å². The van der Waals surface area contributed by atoms with E-state index in [4.69, 9.17) is 18.8 Å². The van der Waals surface area contributed by atoms with Gasteiger partial charge in [-0.05, 0) is 27.2 Å². The number of ether oxygens (including phenoxy) is 3. The Labute approximate surface area is 172 Å². The minimum atomic E-state index is -4.17. The predicted molar refractivity (Wildman–Crippen MR) is 92.8 cm³/mol. The maximum absolute atomic E-state index is 12.3. The molecule has 0 radical (unpaired) electrons. The molecule has 0 aromatic heterocycles. The van der Waals surface area contributed by atoms with Gasteiger partial charge in [0.05, 0.1) is 12.4 Å². The Morgan fingerprint density at radius 1 is 1.00 bits per heavy atom. The van der Waals surface area contributed by atoms with Crippen LogP contribution in [0.1, 0.15) is 28.6 Å². The maximum Gasteiger partial charge on any atom is 1.00 e. The molecule has 0 aliphatic heterocycles. The predicted octanol–water partition coefficient (Wildman–Crippen LogP) is -1.83. The molecule has 9 nitrogen and oxygen atoms in total. The first-order valence-corrected chi connectivity index (χ1v) is 9.17. The van der Waals surface area contributed by atoms with Crippen molar-refractivity contribution in [3.8, 4) is 0 Å². The number of rotatable bonds is 11. The van der Waals surface area contributed by atoms with E-state index in [1.54, 1.807) is 0 Å². The summed E-state index contributed by atoms with van der Waals surface area (Å²) in [6.07, 6.45) is -0.127. The summed E-state index contributed by atoms with van der Waals surface area (Å²) in [5.74, 6) is -2.91. The first-order valence-electron chi connectivity index (χ1n) is 7.56. The summed E-state index contributed by atoms with van der Waals surface area (Å²) in [5.41, 5.74) is -1.28. The van der Waals surface area contributed by atoms with Crippen molar-refractivity contribution in [1.29, 1.82) is 0 Å². The monoisotopic (exact) mass is 400 g/mol. The molecule has 1 N–H and O–H groups in total. The van der Waals surface area contributed by atoms with E-state index >= 15 is 0 Å². The molecule has 11 heteroatoms. The van der Waals surface area contributed by atoms with Crippen LogP contribution in [0.25, 0.3) is 0 Å². The molecule has 0 rings (SSSR count). The third-order valence-corrected chi connectivity index (χ3v) is 3.82. The third-order valence-electron chi connectivity index (χ3n) is 3.01. The molecule has 0 saturated heterocycles. The van der Waals surface area contributed by atoms with E-state index in [1.165, 1.54) is 20.8 Å². The molecular formula is C16H25LiO9S. The van der Waals surface area contributed by atoms with E-state index in [2.05, 4.69) is 13.2 Å². The molecule has 0 fully saturated rings. The third kappa shape index (κ3) is 11.7. The van der Waals surface area contributed by atoms with Gasteiger partial charge in [0.25, 0.3) is 10.1 Å². The van der Waals surface area contributed by atoms with Crippen LogP contribution < -0.4 is 18.9 Å². The molecule has 0 amide bonds. The van der Waals surface area contributed by atoms with Gasteiger partial charge in [-0.15, -0.1) is 0 Å². The van der Waals surface area contributed by atoms with Crippen LogP contribution in [-0.4, -0.2) is 56.5 Å². The summed E-state index contributed by atoms with van der Waals surface area (Å²) in [7, 11) is -4.17. The molecular weight excluding hydrogens is 375 g/mol. The standard InChI is InChI=1S/C16H24O9S.Li.H/c1-11(2)13(17)24-9-16(5,10-25-14(18)12(3)4)15(19)23-7-6-8-26(20,21)22;;/h1,3,6-10H2,2,4-5H3,(H,20,21,22);;/q;+1;-1. The second-order valence-electron chi connectivity index (χ2n) is 6.05. The van der Waals surface area contributed by atoms with Crippen molar-refractivity contribution in [2.45, 2.75) is 27.2 Å². The molecule has 0 bridgehead atoms. The first kappa shape index (κ1) is 27.6. The van der Waals surface area contributed by atoms with E-state index in [0.29, 0.717) is 0 Å². The van der Waals surface area contributed by atoms with Gasteiger partial charge in [-0.3, -0.25) is 9.35 Å². The first-order chi connectivity index (χ1) is 11.8. The normalized spacial score (nSPS) is 11.0. The summed E-state index contributed by atoms with van der Waals surface area (Å²) in [6, 6.07) is 0. The van der Waals surface area contributed by atoms with Crippen LogP contribution in [0.2, 0.25) is 0 Å². The number of carbonyl (C=O) groups is 3. The number of esters is 3. The molecule has 0 unspecified atom stereocenters. The second-order valence-corrected chi connectivity index (χ2v) is 7.62. The Hall–Kier alpha value is -1.60. The van der Waals surface area contributed by atoms with Crippen molar-refractivity contribution in [3.63, 3.8) is 0 Å². The number of carbonyl (C=O) groups excluding carboxylic acids is 3. The molecule has 0 aromatic carbocycles. The number of hydrogen-bond donors (Lipinski definition) is 1. The fourth-order valence-electron chi connectivity index (χ4n) is 1.44. The van der Waals surface area contributed by atoms with Crippen molar-refractivity contribution in [3.05, 3.63) is 24.3 Å². The minimum Gasteiger partial charge on any atom is -1.00 e. The molecule has 0 aliphatic carbocycles. The topological polar surface area (TPSA) is 133 Å². The van der Waals surface area contributed by atoms with Crippen LogP contribution in [0.5, 0.6) is 0 Å². The average Bonchev–Trinajstić information content (AvgIpc) is 2.52. The summed E-state index contributed by atoms with van der Waals surface area (Å²) in [6.45, 7) is 9.85. The van der Waals surface area contributed by atoms with Crippen LogP contribution in [0.4, 0.5) is 0 Å². The molecule has 0 aromatic rings. The Bertz CT molecular complexity index is 658. The van der Waals surface area contributed by atoms with Gasteiger partial charge in [-0.2, -0.15) is 8.42 Å². The fourth-order valence-corrected chi connectivity index (χ4v) is 1.92. The summed E-state index contributed by atoms with van der Waals surface area (Å²) >= 11 is 0. The Morgan fingerprint density at radius 3 is 1.74 bits per heavy atom. The molecule has 0 aliphatic rings. The van der Waals surface area contributed by atoms with Crippen molar-refractivity contribution >= 4 is 28.0 Å². The SMILES string of the molecule is C=C(C)C(=O)OCC(C)(COC(=O)C(=C)C)C(=O)OCCCS(=O)(=O)O.[H-].[Li+]. The van der Waals surface area contributed by atoms with Crippen molar-refractivity contribution < 1.29 is 61.9 Å². The maximum atomic E-state index is 12.3. The van der Waals surface area contributed by atoms with Crippen LogP contribution in [0, 0.1) is 5.41 Å². The molecule has 0 saturated carbocycles. The van der Waals surface area contributed by atoms with Gasteiger partial charge in [0.2, 0.25) is 0 Å². The van der Waals surface area contributed by atoms with Gasteiger partial charge in [0.1, 0.15) is 18.6 Å². The van der Waals surface area contributed by atoms with Gasteiger partial charge < -0.3 is 15.6 Å².